The van der Waals surface area contributed by atoms with Crippen molar-refractivity contribution in [2.24, 2.45) is 17.6 Å². The van der Waals surface area contributed by atoms with E-state index in [9.17, 15) is 9.59 Å². The number of ether oxygens (including phenoxy) is 1. The van der Waals surface area contributed by atoms with E-state index in [1.165, 1.54) is 6.42 Å². The average molecular weight is 675 g/mol. The normalized spacial score (nSPS) is 14.7. The second kappa shape index (κ2) is 21.3. The molecule has 0 spiro atoms. The summed E-state index contributed by atoms with van der Waals surface area (Å²) in [6, 6.07) is 11.2. The van der Waals surface area contributed by atoms with Gasteiger partial charge in [-0.2, -0.15) is 0 Å². The van der Waals surface area contributed by atoms with Crippen LogP contribution in [0.4, 0.5) is 0 Å². The van der Waals surface area contributed by atoms with Crippen LogP contribution in [0.2, 0.25) is 10.0 Å². The number of carbonyl (C=O) groups excluding carboxylic acids is 1. The molecule has 256 valence electrons. The first-order valence-electron chi connectivity index (χ1n) is 16.9. The van der Waals surface area contributed by atoms with Crippen molar-refractivity contribution in [3.63, 3.8) is 0 Å². The molecular formula is C39H57Cl2NO4. The number of halogens is 2. The van der Waals surface area contributed by atoms with E-state index >= 15 is 0 Å². The molecule has 2 unspecified atom stereocenters. The minimum Gasteiger partial charge on any atom is -0.478 e. The summed E-state index contributed by atoms with van der Waals surface area (Å²) in [7, 11) is 0. The second-order valence-corrected chi connectivity index (χ2v) is 13.0. The monoisotopic (exact) mass is 673 g/mol. The first-order valence-corrected chi connectivity index (χ1v) is 17.7. The summed E-state index contributed by atoms with van der Waals surface area (Å²) in [6.45, 7) is 18.8. The van der Waals surface area contributed by atoms with Gasteiger partial charge in [-0.25, -0.2) is 4.79 Å². The maximum Gasteiger partial charge on any atom is 0.335 e. The highest BCUT2D eigenvalue weighted by atomic mass is 35.5. The molecule has 0 heterocycles. The van der Waals surface area contributed by atoms with Crippen molar-refractivity contribution in [3.05, 3.63) is 80.3 Å². The molecule has 2 aromatic rings. The number of ketones is 1. The predicted octanol–water partition coefficient (Wildman–Crippen LogP) is 11.3. The molecule has 2 atom stereocenters. The van der Waals surface area contributed by atoms with E-state index in [2.05, 4.69) is 40.7 Å². The quantitative estimate of drug-likeness (QED) is 0.184. The Kier molecular flexibility index (Phi) is 19.2. The summed E-state index contributed by atoms with van der Waals surface area (Å²) >= 11 is 12.7. The van der Waals surface area contributed by atoms with Crippen LogP contribution >= 0.6 is 23.2 Å². The molecule has 1 aliphatic rings. The van der Waals surface area contributed by atoms with Crippen molar-refractivity contribution in [2.75, 3.05) is 6.61 Å². The van der Waals surface area contributed by atoms with E-state index < -0.39 is 5.97 Å². The van der Waals surface area contributed by atoms with Crippen molar-refractivity contribution in [1.29, 1.82) is 0 Å². The van der Waals surface area contributed by atoms with Crippen molar-refractivity contribution in [2.45, 2.75) is 119 Å². The van der Waals surface area contributed by atoms with Crippen LogP contribution in [-0.4, -0.2) is 29.6 Å². The van der Waals surface area contributed by atoms with Crippen molar-refractivity contribution < 1.29 is 19.4 Å². The lowest BCUT2D eigenvalue weighted by atomic mass is 9.91. The Balaban J connectivity index is 0.000000498. The van der Waals surface area contributed by atoms with E-state index in [0.717, 1.165) is 55.2 Å². The molecule has 1 aliphatic carbocycles. The third-order valence-corrected chi connectivity index (χ3v) is 8.82. The molecule has 0 bridgehead atoms. The Morgan fingerprint density at radius 3 is 2.11 bits per heavy atom. The van der Waals surface area contributed by atoms with Gasteiger partial charge in [0.1, 0.15) is 0 Å². The average Bonchev–Trinajstić information content (AvgIpc) is 3.87. The summed E-state index contributed by atoms with van der Waals surface area (Å²) < 4.78 is 6.22. The number of benzene rings is 2. The summed E-state index contributed by atoms with van der Waals surface area (Å²) in [5.74, 6) is 0.268. The lowest BCUT2D eigenvalue weighted by molar-refractivity contribution is -0.130. The van der Waals surface area contributed by atoms with Crippen molar-refractivity contribution in [1.82, 2.24) is 0 Å². The number of hydrogen-bond donors (Lipinski definition) is 2. The van der Waals surface area contributed by atoms with Gasteiger partial charge in [0.15, 0.2) is 5.78 Å². The largest absolute Gasteiger partial charge is 0.478 e. The molecule has 46 heavy (non-hydrogen) atoms. The Labute approximate surface area is 288 Å². The number of carboxylic acid groups (broad SMARTS) is 1. The maximum atomic E-state index is 12.9. The van der Waals surface area contributed by atoms with Gasteiger partial charge in [0.05, 0.1) is 34.0 Å². The third-order valence-electron chi connectivity index (χ3n) is 8.19. The number of hydrogen-bond acceptors (Lipinski definition) is 4. The van der Waals surface area contributed by atoms with Gasteiger partial charge in [-0.15, -0.1) is 0 Å². The number of nitrogens with two attached hydrogens (primary N) is 1. The Bertz CT molecular complexity index is 1310. The van der Waals surface area contributed by atoms with Crippen LogP contribution < -0.4 is 5.73 Å². The lowest BCUT2D eigenvalue weighted by Crippen LogP contribution is -2.22. The molecule has 0 amide bonds. The number of carboxylic acids is 1. The number of rotatable bonds is 15. The molecule has 0 aromatic heterocycles. The SMILES string of the molecule is C/C=C(/C(=O)O)c1ccc(C)cc1C(C)C.CC.CCCC(CCC(C)CC)OC/C(C(=O)C1CC1)=C(/N)c1c(Cl)cccc1Cl. The summed E-state index contributed by atoms with van der Waals surface area (Å²) in [4.78, 5) is 24.0. The maximum absolute atomic E-state index is 12.9. The van der Waals surface area contributed by atoms with E-state index in [-0.39, 0.29) is 24.4 Å². The topological polar surface area (TPSA) is 89.6 Å². The van der Waals surface area contributed by atoms with Crippen LogP contribution in [0.5, 0.6) is 0 Å². The zero-order valence-corrected chi connectivity index (χ0v) is 31.0. The van der Waals surface area contributed by atoms with Gasteiger partial charge in [-0.3, -0.25) is 4.79 Å². The third kappa shape index (κ3) is 12.9. The summed E-state index contributed by atoms with van der Waals surface area (Å²) in [5, 5.41) is 10.0. The van der Waals surface area contributed by atoms with Crippen LogP contribution in [0.15, 0.2) is 48.0 Å². The van der Waals surface area contributed by atoms with E-state index in [4.69, 9.17) is 38.8 Å². The number of aryl methyl sites for hydroxylation is 1. The highest BCUT2D eigenvalue weighted by molar-refractivity contribution is 6.37. The Morgan fingerprint density at radius 2 is 1.63 bits per heavy atom. The summed E-state index contributed by atoms with van der Waals surface area (Å²) in [5.41, 5.74) is 11.3. The molecule has 0 aliphatic heterocycles. The highest BCUT2D eigenvalue weighted by Crippen LogP contribution is 2.36. The fourth-order valence-electron chi connectivity index (χ4n) is 5.09. The molecule has 7 heteroatoms. The van der Waals surface area contributed by atoms with Gasteiger partial charge < -0.3 is 15.6 Å². The zero-order valence-electron chi connectivity index (χ0n) is 29.5. The van der Waals surface area contributed by atoms with Gasteiger partial charge in [0.25, 0.3) is 0 Å². The lowest BCUT2D eigenvalue weighted by Gasteiger charge is -2.21. The fourth-order valence-corrected chi connectivity index (χ4v) is 5.69. The van der Waals surface area contributed by atoms with Gasteiger partial charge in [0, 0.05) is 17.1 Å². The van der Waals surface area contributed by atoms with E-state index in [0.29, 0.717) is 44.3 Å². The molecule has 0 saturated heterocycles. The smallest absolute Gasteiger partial charge is 0.335 e. The molecule has 5 nitrogen and oxygen atoms in total. The predicted molar refractivity (Wildman–Crippen MR) is 197 cm³/mol. The van der Waals surface area contributed by atoms with Crippen molar-refractivity contribution >= 4 is 46.2 Å². The van der Waals surface area contributed by atoms with Gasteiger partial charge >= 0.3 is 5.97 Å². The molecule has 3 rings (SSSR count). The molecule has 2 aromatic carbocycles. The second-order valence-electron chi connectivity index (χ2n) is 12.2. The van der Waals surface area contributed by atoms with Crippen LogP contribution in [0, 0.1) is 18.8 Å². The molecular weight excluding hydrogens is 617 g/mol. The number of aliphatic carboxylic acids is 1. The zero-order chi connectivity index (χ0) is 35.0. The summed E-state index contributed by atoms with van der Waals surface area (Å²) in [6.07, 6.45) is 8.94. The Morgan fingerprint density at radius 1 is 1.02 bits per heavy atom. The van der Waals surface area contributed by atoms with Crippen LogP contribution in [0.1, 0.15) is 129 Å². The first-order chi connectivity index (χ1) is 21.9. The van der Waals surface area contributed by atoms with Crippen LogP contribution in [-0.2, 0) is 14.3 Å². The molecule has 1 fully saturated rings. The number of carbonyl (C=O) groups is 2. The van der Waals surface area contributed by atoms with Gasteiger partial charge in [-0.05, 0) is 81.0 Å². The minimum atomic E-state index is -0.867. The Hall–Kier alpha value is -2.60. The fraction of sp³-hybridized carbons (Fsp3) is 0.538. The number of allylic oxidation sites excluding steroid dienone is 1. The molecule has 3 N–H and O–H groups in total. The number of Topliss-reactive ketones (excluding diaryl/α,β-unsaturated/α-hetero) is 1. The molecule has 0 radical (unpaired) electrons. The first kappa shape index (κ1) is 41.4. The van der Waals surface area contributed by atoms with Gasteiger partial charge in [0.2, 0.25) is 0 Å². The van der Waals surface area contributed by atoms with Crippen LogP contribution in [0.25, 0.3) is 11.3 Å². The molecule has 1 saturated carbocycles. The van der Waals surface area contributed by atoms with Crippen LogP contribution in [0.3, 0.4) is 0 Å². The van der Waals surface area contributed by atoms with E-state index in [1.807, 2.05) is 32.9 Å². The highest BCUT2D eigenvalue weighted by Gasteiger charge is 2.34. The minimum absolute atomic E-state index is 0.0585. The van der Waals surface area contributed by atoms with Crippen molar-refractivity contribution in [3.8, 4) is 0 Å². The standard InChI is InChI=1S/C23H33Cl2NO2.C14H18O2.C2H6/c1-4-7-17(13-10-15(3)5-2)28-14-18(23(27)16-11-12-16)22(26)21-19(24)8-6-9-20(21)25;1-5-11(14(15)16)12-7-6-10(4)8-13(12)9(2)3;1-2/h6,8-9,15-17H,4-5,7,10-14,26H2,1-3H3;5-9H,1-4H3,(H,15,16);1-2H3/b22-18-;11-5+;. The van der Waals surface area contributed by atoms with Gasteiger partial charge in [-0.1, -0.05) is 120 Å². The van der Waals surface area contributed by atoms with E-state index in [1.54, 1.807) is 31.2 Å².